The predicted octanol–water partition coefficient (Wildman–Crippen LogP) is 3.41. The van der Waals surface area contributed by atoms with Crippen LogP contribution < -0.4 is 14.2 Å². The summed E-state index contributed by atoms with van der Waals surface area (Å²) in [5.41, 5.74) is 1.23. The Balaban J connectivity index is 1.46. The molecule has 4 aliphatic rings. The van der Waals surface area contributed by atoms with E-state index in [4.69, 9.17) is 14.2 Å². The molecule has 1 aromatic carbocycles. The van der Waals surface area contributed by atoms with E-state index in [1.165, 1.54) is 63.8 Å². The van der Waals surface area contributed by atoms with Crippen molar-refractivity contribution in [2.45, 2.75) is 44.7 Å². The monoisotopic (exact) mass is 374 g/mol. The van der Waals surface area contributed by atoms with Gasteiger partial charge < -0.3 is 14.2 Å². The lowest BCUT2D eigenvalue weighted by molar-refractivity contribution is 0.0891. The molecule has 3 saturated heterocycles. The number of methoxy groups -OCH3 is 3. The van der Waals surface area contributed by atoms with Crippen LogP contribution in [0, 0.1) is 11.8 Å². The molecule has 5 rings (SSSR count). The molecular weight excluding hydrogens is 340 g/mol. The van der Waals surface area contributed by atoms with E-state index in [1.807, 2.05) is 0 Å². The highest BCUT2D eigenvalue weighted by molar-refractivity contribution is 5.53. The highest BCUT2D eigenvalue weighted by Gasteiger charge is 2.36. The zero-order valence-electron chi connectivity index (χ0n) is 17.1. The maximum atomic E-state index is 5.54. The summed E-state index contributed by atoms with van der Waals surface area (Å²) in [6.45, 7) is 5.96. The molecule has 0 aromatic heterocycles. The van der Waals surface area contributed by atoms with Crippen LogP contribution in [0.2, 0.25) is 0 Å². The molecule has 27 heavy (non-hydrogen) atoms. The lowest BCUT2D eigenvalue weighted by atomic mass is 9.83. The summed E-state index contributed by atoms with van der Waals surface area (Å²) in [7, 11) is 5.03. The van der Waals surface area contributed by atoms with Gasteiger partial charge in [-0.05, 0) is 55.2 Å². The van der Waals surface area contributed by atoms with Crippen LogP contribution in [-0.2, 0) is 6.54 Å². The molecule has 2 bridgehead atoms. The number of fused-ring (bicyclic) bond motifs is 4. The number of nitrogens with zero attached hydrogens (tertiary/aromatic N) is 2. The number of rotatable bonds is 7. The van der Waals surface area contributed by atoms with Gasteiger partial charge in [-0.3, -0.25) is 9.80 Å². The molecule has 5 nitrogen and oxygen atoms in total. The maximum Gasteiger partial charge on any atom is 0.203 e. The Kier molecular flexibility index (Phi) is 5.79. The zero-order chi connectivity index (χ0) is 18.8. The van der Waals surface area contributed by atoms with E-state index in [0.29, 0.717) is 5.75 Å². The number of benzene rings is 1. The largest absolute Gasteiger partial charge is 0.493 e. The molecule has 1 saturated carbocycles. The molecule has 5 heteroatoms. The minimum Gasteiger partial charge on any atom is -0.493 e. The van der Waals surface area contributed by atoms with Crippen molar-refractivity contribution >= 4 is 0 Å². The summed E-state index contributed by atoms with van der Waals surface area (Å²) in [5.74, 6) is 3.94. The molecular formula is C22H34N2O3. The average Bonchev–Trinajstić information content (AvgIpc) is 2.94. The molecule has 3 heterocycles. The minimum atomic E-state index is 0.673. The van der Waals surface area contributed by atoms with E-state index in [0.717, 1.165) is 35.9 Å². The molecule has 0 unspecified atom stereocenters. The second-order valence-corrected chi connectivity index (χ2v) is 8.58. The van der Waals surface area contributed by atoms with E-state index in [2.05, 4.69) is 21.9 Å². The first-order valence-electron chi connectivity index (χ1n) is 10.5. The van der Waals surface area contributed by atoms with Crippen molar-refractivity contribution in [3.63, 3.8) is 0 Å². The van der Waals surface area contributed by atoms with Crippen LogP contribution in [0.5, 0.6) is 17.2 Å². The van der Waals surface area contributed by atoms with Crippen molar-refractivity contribution in [1.29, 1.82) is 0 Å². The standard InChI is InChI=1S/C22H34N2O3/c1-25-20-9-18(10-21(26-2)22(20)27-3)12-23-11-17-7-8-19(15-23)24(14-17)13-16-5-4-6-16/h9-10,16-17,19H,4-8,11-15H2,1-3H3/t17-,19+/m0/s1. The van der Waals surface area contributed by atoms with Gasteiger partial charge in [-0.2, -0.15) is 0 Å². The highest BCUT2D eigenvalue weighted by atomic mass is 16.5. The van der Waals surface area contributed by atoms with Crippen LogP contribution >= 0.6 is 0 Å². The first-order valence-corrected chi connectivity index (χ1v) is 10.5. The van der Waals surface area contributed by atoms with Gasteiger partial charge in [0.25, 0.3) is 0 Å². The topological polar surface area (TPSA) is 34.2 Å². The Bertz CT molecular complexity index is 621. The summed E-state index contributed by atoms with van der Waals surface area (Å²) < 4.78 is 16.5. The quantitative estimate of drug-likeness (QED) is 0.731. The van der Waals surface area contributed by atoms with E-state index in [-0.39, 0.29) is 0 Å². The van der Waals surface area contributed by atoms with Crippen LogP contribution in [-0.4, -0.2) is 63.4 Å². The maximum absolute atomic E-state index is 5.54. The lowest BCUT2D eigenvalue weighted by Gasteiger charge is -2.40. The Morgan fingerprint density at radius 1 is 0.889 bits per heavy atom. The van der Waals surface area contributed by atoms with Crippen LogP contribution in [0.3, 0.4) is 0 Å². The van der Waals surface area contributed by atoms with Crippen molar-refractivity contribution in [3.8, 4) is 17.2 Å². The molecule has 2 atom stereocenters. The van der Waals surface area contributed by atoms with Crippen LogP contribution in [0.4, 0.5) is 0 Å². The summed E-state index contributed by atoms with van der Waals surface area (Å²) in [4.78, 5) is 5.46. The second-order valence-electron chi connectivity index (χ2n) is 8.58. The van der Waals surface area contributed by atoms with E-state index < -0.39 is 0 Å². The summed E-state index contributed by atoms with van der Waals surface area (Å²) >= 11 is 0. The Morgan fingerprint density at radius 3 is 2.22 bits per heavy atom. The summed E-state index contributed by atoms with van der Waals surface area (Å²) in [5, 5.41) is 0. The van der Waals surface area contributed by atoms with Crippen molar-refractivity contribution in [3.05, 3.63) is 17.7 Å². The number of piperidine rings is 1. The van der Waals surface area contributed by atoms with Crippen molar-refractivity contribution < 1.29 is 14.2 Å². The van der Waals surface area contributed by atoms with Gasteiger partial charge in [0.05, 0.1) is 21.3 Å². The molecule has 1 aromatic rings. The first kappa shape index (κ1) is 18.9. The number of hydrogen-bond acceptors (Lipinski definition) is 5. The smallest absolute Gasteiger partial charge is 0.203 e. The number of ether oxygens (including phenoxy) is 3. The van der Waals surface area contributed by atoms with Crippen LogP contribution in [0.1, 0.15) is 37.7 Å². The van der Waals surface area contributed by atoms with E-state index >= 15 is 0 Å². The fraction of sp³-hybridized carbons (Fsp3) is 0.727. The van der Waals surface area contributed by atoms with E-state index in [1.54, 1.807) is 21.3 Å². The molecule has 1 aliphatic carbocycles. The van der Waals surface area contributed by atoms with Gasteiger partial charge in [-0.1, -0.05) is 6.42 Å². The van der Waals surface area contributed by atoms with Crippen molar-refractivity contribution in [1.82, 2.24) is 9.80 Å². The Morgan fingerprint density at radius 2 is 1.63 bits per heavy atom. The van der Waals surface area contributed by atoms with Gasteiger partial charge in [0, 0.05) is 38.8 Å². The molecule has 4 fully saturated rings. The predicted molar refractivity (Wildman–Crippen MR) is 107 cm³/mol. The summed E-state index contributed by atoms with van der Waals surface area (Å²) in [6.07, 6.45) is 7.09. The third-order valence-electron chi connectivity index (χ3n) is 6.75. The van der Waals surface area contributed by atoms with Crippen LogP contribution in [0.25, 0.3) is 0 Å². The van der Waals surface area contributed by atoms with Crippen LogP contribution in [0.15, 0.2) is 12.1 Å². The number of hydrogen-bond donors (Lipinski definition) is 0. The Labute approximate surface area is 163 Å². The van der Waals surface area contributed by atoms with Gasteiger partial charge in [-0.15, -0.1) is 0 Å². The van der Waals surface area contributed by atoms with Gasteiger partial charge in [-0.25, -0.2) is 0 Å². The average molecular weight is 375 g/mol. The fourth-order valence-corrected chi connectivity index (χ4v) is 5.12. The van der Waals surface area contributed by atoms with Gasteiger partial charge in [0.15, 0.2) is 11.5 Å². The lowest BCUT2D eigenvalue weighted by Crippen LogP contribution is -2.46. The molecule has 150 valence electrons. The molecule has 3 aliphatic heterocycles. The minimum absolute atomic E-state index is 0.673. The highest BCUT2D eigenvalue weighted by Crippen LogP contribution is 2.39. The molecule has 0 amide bonds. The fourth-order valence-electron chi connectivity index (χ4n) is 5.12. The molecule has 0 spiro atoms. The third-order valence-corrected chi connectivity index (χ3v) is 6.75. The molecule has 0 N–H and O–H groups in total. The van der Waals surface area contributed by atoms with Gasteiger partial charge in [0.1, 0.15) is 0 Å². The van der Waals surface area contributed by atoms with Gasteiger partial charge >= 0.3 is 0 Å². The molecule has 0 radical (unpaired) electrons. The van der Waals surface area contributed by atoms with Crippen molar-refractivity contribution in [2.75, 3.05) is 47.5 Å². The Hall–Kier alpha value is -1.46. The summed E-state index contributed by atoms with van der Waals surface area (Å²) in [6, 6.07) is 4.92. The zero-order valence-corrected chi connectivity index (χ0v) is 17.1. The first-order chi connectivity index (χ1) is 13.2. The van der Waals surface area contributed by atoms with Crippen molar-refractivity contribution in [2.24, 2.45) is 11.8 Å². The normalized spacial score (nSPS) is 26.5. The SMILES string of the molecule is COc1cc(CN2C[C@@H]3CC[C@H](C2)N(CC2CCC2)C3)cc(OC)c1OC. The second kappa shape index (κ2) is 8.27. The third kappa shape index (κ3) is 4.04. The van der Waals surface area contributed by atoms with Gasteiger partial charge in [0.2, 0.25) is 5.75 Å². The van der Waals surface area contributed by atoms with E-state index in [9.17, 15) is 0 Å².